The van der Waals surface area contributed by atoms with Crippen molar-refractivity contribution in [3.8, 4) is 0 Å². The molecule has 0 saturated heterocycles. The molecule has 1 aromatic heterocycles. The summed E-state index contributed by atoms with van der Waals surface area (Å²) in [6.45, 7) is 0. The number of carbonyl (C=O) groups excluding carboxylic acids is 1. The van der Waals surface area contributed by atoms with Crippen molar-refractivity contribution >= 4 is 50.8 Å². The molecule has 1 aromatic carbocycles. The van der Waals surface area contributed by atoms with Gasteiger partial charge in [0.1, 0.15) is 4.91 Å². The minimum absolute atomic E-state index is 0.0921. The number of halogens is 3. The minimum atomic E-state index is -4.57. The highest BCUT2D eigenvalue weighted by atomic mass is 35.5. The third-order valence-corrected chi connectivity index (χ3v) is 6.59. The van der Waals surface area contributed by atoms with Crippen LogP contribution in [-0.2, 0) is 10.0 Å². The highest BCUT2D eigenvalue weighted by Crippen LogP contribution is 2.31. The zero-order chi connectivity index (χ0) is 21.2. The number of hydrogen-bond acceptors (Lipinski definition) is 5. The molecule has 2 N–H and O–H groups in total. The van der Waals surface area contributed by atoms with E-state index in [0.29, 0.717) is 11.9 Å². The van der Waals surface area contributed by atoms with E-state index >= 15 is 0 Å². The number of aromatic nitrogens is 2. The molecule has 1 unspecified atom stereocenters. The molecule has 152 valence electrons. The molecule has 0 bridgehead atoms. The highest BCUT2D eigenvalue weighted by Gasteiger charge is 2.32. The number of para-hydroxylation sites is 1. The van der Waals surface area contributed by atoms with E-state index in [1.165, 1.54) is 6.08 Å². The molecule has 0 radical (unpaired) electrons. The van der Waals surface area contributed by atoms with E-state index in [0.717, 1.165) is 0 Å². The average molecular weight is 459 g/mol. The number of anilines is 2. The van der Waals surface area contributed by atoms with Gasteiger partial charge in [0.15, 0.2) is 11.6 Å². The van der Waals surface area contributed by atoms with Crippen LogP contribution in [0.4, 0.5) is 20.7 Å². The maximum absolute atomic E-state index is 14.4. The molecular formula is C17H13Cl2FN4O4S. The predicted molar refractivity (Wildman–Crippen MR) is 108 cm³/mol. The second kappa shape index (κ2) is 8.36. The number of allylic oxidation sites excluding steroid dienone is 4. The van der Waals surface area contributed by atoms with Gasteiger partial charge < -0.3 is 5.32 Å². The summed E-state index contributed by atoms with van der Waals surface area (Å²) in [5.41, 5.74) is -0.918. The second-order valence-electron chi connectivity index (χ2n) is 5.78. The van der Waals surface area contributed by atoms with E-state index in [-0.39, 0.29) is 15.4 Å². The van der Waals surface area contributed by atoms with E-state index in [4.69, 9.17) is 23.2 Å². The first kappa shape index (κ1) is 21.0. The molecule has 0 saturated carbocycles. The summed E-state index contributed by atoms with van der Waals surface area (Å²) in [6, 6.07) is 7.39. The molecule has 0 spiro atoms. The van der Waals surface area contributed by atoms with E-state index in [9.17, 15) is 22.4 Å². The van der Waals surface area contributed by atoms with Gasteiger partial charge in [0.2, 0.25) is 0 Å². The zero-order valence-corrected chi connectivity index (χ0v) is 16.8. The van der Waals surface area contributed by atoms with Crippen LogP contribution < -0.4 is 16.3 Å². The summed E-state index contributed by atoms with van der Waals surface area (Å²) in [5.74, 6) is -1.98. The molecule has 2 aromatic rings. The van der Waals surface area contributed by atoms with Crippen LogP contribution in [0.25, 0.3) is 0 Å². The van der Waals surface area contributed by atoms with Gasteiger partial charge >= 0.3 is 11.7 Å². The van der Waals surface area contributed by atoms with Crippen molar-refractivity contribution in [3.05, 3.63) is 74.9 Å². The summed E-state index contributed by atoms with van der Waals surface area (Å²) in [4.78, 5) is 27.1. The van der Waals surface area contributed by atoms with Crippen molar-refractivity contribution in [2.24, 2.45) is 0 Å². The lowest BCUT2D eigenvalue weighted by molar-refractivity contribution is 0.262. The second-order valence-corrected chi connectivity index (χ2v) is 8.50. The summed E-state index contributed by atoms with van der Waals surface area (Å²) >= 11 is 11.9. The monoisotopic (exact) mass is 458 g/mol. The largest absolute Gasteiger partial charge is 0.363 e. The Labute approximate surface area is 174 Å². The molecule has 29 heavy (non-hydrogen) atoms. The molecule has 3 rings (SSSR count). The normalized spacial score (nSPS) is 16.6. The number of rotatable bonds is 4. The van der Waals surface area contributed by atoms with Crippen molar-refractivity contribution in [2.75, 3.05) is 10.6 Å². The van der Waals surface area contributed by atoms with Gasteiger partial charge in [-0.15, -0.1) is 11.6 Å². The number of hydrogen-bond donors (Lipinski definition) is 2. The van der Waals surface area contributed by atoms with Crippen molar-refractivity contribution in [3.63, 3.8) is 0 Å². The van der Waals surface area contributed by atoms with Crippen LogP contribution in [0.2, 0.25) is 0 Å². The predicted octanol–water partition coefficient (Wildman–Crippen LogP) is 3.22. The first-order valence-corrected chi connectivity index (χ1v) is 10.3. The maximum Gasteiger partial charge on any atom is 0.363 e. The van der Waals surface area contributed by atoms with E-state index in [1.54, 1.807) is 36.4 Å². The maximum atomic E-state index is 14.4. The Bertz CT molecular complexity index is 1180. The van der Waals surface area contributed by atoms with Crippen LogP contribution in [0.1, 0.15) is 6.42 Å². The van der Waals surface area contributed by atoms with Crippen LogP contribution in [0.15, 0.2) is 63.4 Å². The number of amides is 2. The number of carbonyl (C=O) groups is 1. The molecule has 1 atom stereocenters. The Morgan fingerprint density at radius 1 is 1.24 bits per heavy atom. The van der Waals surface area contributed by atoms with E-state index in [2.05, 4.69) is 15.6 Å². The van der Waals surface area contributed by atoms with Crippen LogP contribution in [0.5, 0.6) is 0 Å². The molecular weight excluding hydrogens is 446 g/mol. The third kappa shape index (κ3) is 4.50. The van der Waals surface area contributed by atoms with Gasteiger partial charge in [0, 0.05) is 5.69 Å². The smallest absolute Gasteiger partial charge is 0.308 e. The quantitative estimate of drug-likeness (QED) is 0.683. The Hall–Kier alpha value is -2.69. The van der Waals surface area contributed by atoms with Crippen molar-refractivity contribution in [1.29, 1.82) is 0 Å². The van der Waals surface area contributed by atoms with Gasteiger partial charge in [-0.05, 0) is 24.6 Å². The third-order valence-electron chi connectivity index (χ3n) is 3.78. The van der Waals surface area contributed by atoms with Crippen LogP contribution in [-0.4, -0.2) is 28.8 Å². The molecule has 0 fully saturated rings. The summed E-state index contributed by atoms with van der Waals surface area (Å²) in [6.07, 6.45) is 3.46. The molecule has 12 heteroatoms. The number of alkyl halides is 1. The molecule has 2 amide bonds. The molecule has 1 heterocycles. The van der Waals surface area contributed by atoms with Gasteiger partial charge in [-0.3, -0.25) is 5.32 Å². The number of benzene rings is 1. The molecule has 0 aliphatic heterocycles. The number of urea groups is 1. The van der Waals surface area contributed by atoms with Crippen LogP contribution in [0.3, 0.4) is 0 Å². The highest BCUT2D eigenvalue weighted by molar-refractivity contribution is 7.94. The topological polar surface area (TPSA) is 110 Å². The van der Waals surface area contributed by atoms with E-state index in [1.807, 2.05) is 0 Å². The lowest BCUT2D eigenvalue weighted by Crippen LogP contribution is -2.34. The van der Waals surface area contributed by atoms with Crippen LogP contribution in [0, 0.1) is 5.82 Å². The summed E-state index contributed by atoms with van der Waals surface area (Å²) in [7, 11) is -4.57. The van der Waals surface area contributed by atoms with Crippen molar-refractivity contribution < 1.29 is 17.6 Å². The van der Waals surface area contributed by atoms with Gasteiger partial charge in [0.05, 0.1) is 16.6 Å². The Morgan fingerprint density at radius 2 is 1.93 bits per heavy atom. The first-order chi connectivity index (χ1) is 13.7. The lowest BCUT2D eigenvalue weighted by Gasteiger charge is -2.18. The number of nitrogens with zero attached hydrogens (tertiary/aromatic N) is 2. The van der Waals surface area contributed by atoms with Gasteiger partial charge in [-0.25, -0.2) is 22.4 Å². The average Bonchev–Trinajstić information content (AvgIpc) is 2.64. The summed E-state index contributed by atoms with van der Waals surface area (Å²) in [5, 5.41) is 3.25. The summed E-state index contributed by atoms with van der Waals surface area (Å²) < 4.78 is 40.0. The minimum Gasteiger partial charge on any atom is -0.308 e. The lowest BCUT2D eigenvalue weighted by atomic mass is 10.2. The number of nitrogens with one attached hydrogen (secondary N) is 2. The fraction of sp³-hybridized carbons (Fsp3) is 0.118. The van der Waals surface area contributed by atoms with Gasteiger partial charge in [0.25, 0.3) is 10.0 Å². The SMILES string of the molecule is O=C(Nc1ccccc1)Nc1nc(=O)n(S(=O)(=O)C2=C(Cl)C=CCC2Cl)cc1F. The fourth-order valence-electron chi connectivity index (χ4n) is 2.49. The standard InChI is InChI=1S/C17H13Cl2FN4O4S/c18-11-7-4-8-12(19)14(11)29(27,28)24-9-13(20)15(23-17(24)26)22-16(25)21-10-5-2-1-3-6-10/h1-7,9,12H,8H2,(H2,21,22,23,25,26). The molecule has 1 aliphatic rings. The zero-order valence-electron chi connectivity index (χ0n) is 14.5. The fourth-order valence-corrected chi connectivity index (χ4v) is 5.04. The van der Waals surface area contributed by atoms with Crippen LogP contribution >= 0.6 is 23.2 Å². The Morgan fingerprint density at radius 3 is 2.59 bits per heavy atom. The molecule has 1 aliphatic carbocycles. The Balaban J connectivity index is 1.91. The molecule has 8 nitrogen and oxygen atoms in total. The van der Waals surface area contributed by atoms with E-state index < -0.39 is 43.7 Å². The first-order valence-electron chi connectivity index (χ1n) is 8.08. The van der Waals surface area contributed by atoms with Gasteiger partial charge in [-0.1, -0.05) is 35.9 Å². The van der Waals surface area contributed by atoms with Crippen molar-refractivity contribution in [2.45, 2.75) is 11.8 Å². The van der Waals surface area contributed by atoms with Gasteiger partial charge in [-0.2, -0.15) is 8.96 Å². The Kier molecular flexibility index (Phi) is 6.06. The van der Waals surface area contributed by atoms with Crippen molar-refractivity contribution in [1.82, 2.24) is 8.96 Å².